The van der Waals surface area contributed by atoms with E-state index < -0.39 is 0 Å². The lowest BCUT2D eigenvalue weighted by Gasteiger charge is -2.34. The van der Waals surface area contributed by atoms with Crippen LogP contribution in [0.5, 0.6) is 0 Å². The van der Waals surface area contributed by atoms with Crippen molar-refractivity contribution in [2.24, 2.45) is 7.05 Å². The predicted octanol–water partition coefficient (Wildman–Crippen LogP) is 1.55. The Morgan fingerprint density at radius 2 is 2.17 bits per heavy atom. The third-order valence-electron chi connectivity index (χ3n) is 4.07. The van der Waals surface area contributed by atoms with Gasteiger partial charge >= 0.3 is 6.03 Å². The molecule has 3 rings (SSSR count). The Bertz CT molecular complexity index is 616. The second kappa shape index (κ2) is 7.61. The summed E-state index contributed by atoms with van der Waals surface area (Å²) in [6, 6.07) is 4.30. The van der Waals surface area contributed by atoms with Gasteiger partial charge in [-0.15, -0.1) is 11.3 Å². The maximum absolute atomic E-state index is 12.2. The Morgan fingerprint density at radius 1 is 1.35 bits per heavy atom. The number of carbonyl (C=O) groups is 1. The third kappa shape index (κ3) is 4.56. The van der Waals surface area contributed by atoms with Crippen LogP contribution in [0.3, 0.4) is 0 Å². The van der Waals surface area contributed by atoms with Gasteiger partial charge in [0, 0.05) is 57.4 Å². The van der Waals surface area contributed by atoms with Gasteiger partial charge in [-0.3, -0.25) is 9.58 Å². The molecule has 6 nitrogen and oxygen atoms in total. The molecule has 2 aromatic heterocycles. The van der Waals surface area contributed by atoms with Crippen molar-refractivity contribution < 1.29 is 4.79 Å². The summed E-state index contributed by atoms with van der Waals surface area (Å²) in [5, 5.41) is 9.25. The summed E-state index contributed by atoms with van der Waals surface area (Å²) < 4.78 is 1.78. The molecule has 0 radical (unpaired) electrons. The normalized spacial score (nSPS) is 15.8. The number of thiophene rings is 1. The molecule has 2 amide bonds. The average Bonchev–Trinajstić information content (AvgIpc) is 3.20. The number of urea groups is 1. The summed E-state index contributed by atoms with van der Waals surface area (Å²) >= 11 is 1.79. The summed E-state index contributed by atoms with van der Waals surface area (Å²) in [6.07, 6.45) is 4.64. The van der Waals surface area contributed by atoms with E-state index in [0.717, 1.165) is 44.7 Å². The highest BCUT2D eigenvalue weighted by atomic mass is 32.1. The summed E-state index contributed by atoms with van der Waals surface area (Å²) in [4.78, 5) is 17.9. The van der Waals surface area contributed by atoms with Crippen LogP contribution in [0, 0.1) is 0 Å². The molecule has 23 heavy (non-hydrogen) atoms. The number of carbonyl (C=O) groups excluding carboxylic acids is 1. The number of amides is 2. The van der Waals surface area contributed by atoms with Crippen LogP contribution in [0.4, 0.5) is 4.79 Å². The van der Waals surface area contributed by atoms with Crippen LogP contribution in [0.1, 0.15) is 10.4 Å². The van der Waals surface area contributed by atoms with Gasteiger partial charge in [-0.2, -0.15) is 5.10 Å². The highest BCUT2D eigenvalue weighted by Gasteiger charge is 2.20. The molecule has 1 aliphatic rings. The van der Waals surface area contributed by atoms with E-state index in [4.69, 9.17) is 0 Å². The monoisotopic (exact) mass is 333 g/mol. The molecule has 1 fully saturated rings. The zero-order valence-corrected chi connectivity index (χ0v) is 14.3. The molecule has 1 saturated heterocycles. The minimum atomic E-state index is 0.0460. The molecule has 124 valence electrons. The molecule has 3 heterocycles. The molecule has 0 unspecified atom stereocenters. The minimum absolute atomic E-state index is 0.0460. The molecule has 0 atom stereocenters. The molecule has 1 aliphatic heterocycles. The largest absolute Gasteiger partial charge is 0.338 e. The molecule has 0 aromatic carbocycles. The van der Waals surface area contributed by atoms with E-state index in [2.05, 4.69) is 32.8 Å². The van der Waals surface area contributed by atoms with E-state index in [-0.39, 0.29) is 6.03 Å². The van der Waals surface area contributed by atoms with Crippen LogP contribution in [-0.4, -0.2) is 58.3 Å². The zero-order chi connectivity index (χ0) is 16.1. The summed E-state index contributed by atoms with van der Waals surface area (Å²) in [5.74, 6) is 0. The molecule has 0 aliphatic carbocycles. The SMILES string of the molecule is Cn1cc(CCNC(=O)N2CCN(Cc3cccs3)CC2)cn1. The van der Waals surface area contributed by atoms with Crippen LogP contribution in [0.2, 0.25) is 0 Å². The lowest BCUT2D eigenvalue weighted by molar-refractivity contribution is 0.136. The molecule has 0 spiro atoms. The van der Waals surface area contributed by atoms with E-state index in [1.165, 1.54) is 4.88 Å². The Balaban J connectivity index is 1.36. The van der Waals surface area contributed by atoms with Gasteiger partial charge in [-0.1, -0.05) is 6.07 Å². The minimum Gasteiger partial charge on any atom is -0.338 e. The van der Waals surface area contributed by atoms with Gasteiger partial charge in [0.2, 0.25) is 0 Å². The van der Waals surface area contributed by atoms with Crippen LogP contribution in [-0.2, 0) is 20.0 Å². The molecule has 0 saturated carbocycles. The molecular formula is C16H23N5OS. The van der Waals surface area contributed by atoms with Gasteiger partial charge in [-0.05, 0) is 23.4 Å². The standard InChI is InChI=1S/C16H23N5OS/c1-19-12-14(11-18-19)4-5-17-16(22)21-8-6-20(7-9-21)13-15-3-2-10-23-15/h2-3,10-12H,4-9,13H2,1H3,(H,17,22). The van der Waals surface area contributed by atoms with Crippen molar-refractivity contribution in [2.45, 2.75) is 13.0 Å². The molecule has 2 aromatic rings. The smallest absolute Gasteiger partial charge is 0.317 e. The lowest BCUT2D eigenvalue weighted by Crippen LogP contribution is -2.51. The number of nitrogens with one attached hydrogen (secondary N) is 1. The maximum Gasteiger partial charge on any atom is 0.317 e. The van der Waals surface area contributed by atoms with Crippen LogP contribution >= 0.6 is 11.3 Å². The highest BCUT2D eigenvalue weighted by Crippen LogP contribution is 2.13. The fraction of sp³-hybridized carbons (Fsp3) is 0.500. The van der Waals surface area contributed by atoms with Crippen molar-refractivity contribution in [1.29, 1.82) is 0 Å². The van der Waals surface area contributed by atoms with Crippen molar-refractivity contribution in [2.75, 3.05) is 32.7 Å². The number of piperazine rings is 1. The first-order chi connectivity index (χ1) is 11.2. The van der Waals surface area contributed by atoms with Gasteiger partial charge in [0.15, 0.2) is 0 Å². The van der Waals surface area contributed by atoms with E-state index in [1.807, 2.05) is 24.3 Å². The van der Waals surface area contributed by atoms with Crippen molar-refractivity contribution >= 4 is 17.4 Å². The first-order valence-electron chi connectivity index (χ1n) is 7.96. The Hall–Kier alpha value is -1.86. The fourth-order valence-electron chi connectivity index (χ4n) is 2.76. The molecular weight excluding hydrogens is 310 g/mol. The number of hydrogen-bond donors (Lipinski definition) is 1. The fourth-order valence-corrected chi connectivity index (χ4v) is 3.50. The summed E-state index contributed by atoms with van der Waals surface area (Å²) in [7, 11) is 1.90. The number of aromatic nitrogens is 2. The van der Waals surface area contributed by atoms with Crippen molar-refractivity contribution in [3.63, 3.8) is 0 Å². The van der Waals surface area contributed by atoms with Crippen LogP contribution in [0.15, 0.2) is 29.9 Å². The van der Waals surface area contributed by atoms with E-state index in [9.17, 15) is 4.79 Å². The second-order valence-corrected chi connectivity index (χ2v) is 6.88. The second-order valence-electron chi connectivity index (χ2n) is 5.85. The number of nitrogens with zero attached hydrogens (tertiary/aromatic N) is 4. The number of aryl methyl sites for hydroxylation is 1. The lowest BCUT2D eigenvalue weighted by atomic mass is 10.2. The van der Waals surface area contributed by atoms with Crippen molar-refractivity contribution in [3.8, 4) is 0 Å². The Morgan fingerprint density at radius 3 is 2.83 bits per heavy atom. The third-order valence-corrected chi connectivity index (χ3v) is 4.93. The zero-order valence-electron chi connectivity index (χ0n) is 13.4. The van der Waals surface area contributed by atoms with Crippen LogP contribution in [0.25, 0.3) is 0 Å². The number of hydrogen-bond acceptors (Lipinski definition) is 4. The summed E-state index contributed by atoms with van der Waals surface area (Å²) in [6.45, 7) is 5.12. The van der Waals surface area contributed by atoms with E-state index in [0.29, 0.717) is 6.54 Å². The van der Waals surface area contributed by atoms with Gasteiger partial charge in [-0.25, -0.2) is 4.79 Å². The Kier molecular flexibility index (Phi) is 5.30. The van der Waals surface area contributed by atoms with E-state index in [1.54, 1.807) is 16.0 Å². The van der Waals surface area contributed by atoms with E-state index >= 15 is 0 Å². The topological polar surface area (TPSA) is 53.4 Å². The maximum atomic E-state index is 12.2. The van der Waals surface area contributed by atoms with Crippen molar-refractivity contribution in [1.82, 2.24) is 24.9 Å². The molecule has 0 bridgehead atoms. The average molecular weight is 333 g/mol. The highest BCUT2D eigenvalue weighted by molar-refractivity contribution is 7.09. The van der Waals surface area contributed by atoms with Gasteiger partial charge in [0.05, 0.1) is 6.20 Å². The molecule has 7 heteroatoms. The van der Waals surface area contributed by atoms with Gasteiger partial charge < -0.3 is 10.2 Å². The molecule has 1 N–H and O–H groups in total. The quantitative estimate of drug-likeness (QED) is 0.903. The van der Waals surface area contributed by atoms with Gasteiger partial charge in [0.25, 0.3) is 0 Å². The first kappa shape index (κ1) is 16.0. The van der Waals surface area contributed by atoms with Crippen molar-refractivity contribution in [3.05, 3.63) is 40.3 Å². The number of rotatable bonds is 5. The predicted molar refractivity (Wildman–Crippen MR) is 91.5 cm³/mol. The van der Waals surface area contributed by atoms with Crippen LogP contribution < -0.4 is 5.32 Å². The Labute approximate surface area is 140 Å². The summed E-state index contributed by atoms with van der Waals surface area (Å²) in [5.41, 5.74) is 1.15. The van der Waals surface area contributed by atoms with Gasteiger partial charge in [0.1, 0.15) is 0 Å². The first-order valence-corrected chi connectivity index (χ1v) is 8.84.